The van der Waals surface area contributed by atoms with Gasteiger partial charge in [0.2, 0.25) is 0 Å². The molecule has 1 aliphatic heterocycles. The van der Waals surface area contributed by atoms with Gasteiger partial charge in [0.1, 0.15) is 6.07 Å². The lowest BCUT2D eigenvalue weighted by atomic mass is 10.1. The molecule has 0 bridgehead atoms. The third-order valence-corrected chi connectivity index (χ3v) is 4.26. The topological polar surface area (TPSA) is 27.0 Å². The Balaban J connectivity index is 2.27. The zero-order valence-corrected chi connectivity index (χ0v) is 11.2. The van der Waals surface area contributed by atoms with E-state index in [-0.39, 0.29) is 0 Å². The second kappa shape index (κ2) is 6.18. The number of benzene rings is 1. The van der Waals surface area contributed by atoms with E-state index >= 15 is 0 Å². The van der Waals surface area contributed by atoms with Crippen molar-refractivity contribution in [1.29, 1.82) is 5.26 Å². The smallest absolute Gasteiger partial charge is 0.101 e. The van der Waals surface area contributed by atoms with Crippen molar-refractivity contribution < 1.29 is 0 Å². The summed E-state index contributed by atoms with van der Waals surface area (Å²) in [6.07, 6.45) is 1.19. The van der Waals surface area contributed by atoms with Gasteiger partial charge in [0.25, 0.3) is 0 Å². The first kappa shape index (κ1) is 12.6. The third-order valence-electron chi connectivity index (χ3n) is 2.90. The van der Waals surface area contributed by atoms with Gasteiger partial charge in [-0.25, -0.2) is 0 Å². The van der Waals surface area contributed by atoms with Crippen molar-refractivity contribution in [3.63, 3.8) is 0 Å². The summed E-state index contributed by atoms with van der Waals surface area (Å²) in [6, 6.07) is 8.23. The number of hydrogen-bond acceptors (Lipinski definition) is 3. The molecule has 90 valence electrons. The van der Waals surface area contributed by atoms with E-state index in [1.54, 1.807) is 0 Å². The highest BCUT2D eigenvalue weighted by atomic mass is 35.5. The summed E-state index contributed by atoms with van der Waals surface area (Å²) in [7, 11) is 0. The average molecular weight is 267 g/mol. The Morgan fingerprint density at radius 1 is 1.35 bits per heavy atom. The molecule has 1 fully saturated rings. The fourth-order valence-corrected chi connectivity index (χ4v) is 3.07. The first-order valence-electron chi connectivity index (χ1n) is 5.77. The Morgan fingerprint density at radius 2 is 2.24 bits per heavy atom. The van der Waals surface area contributed by atoms with E-state index in [1.165, 1.54) is 12.2 Å². The highest BCUT2D eigenvalue weighted by Gasteiger charge is 2.13. The number of hydrogen-bond donors (Lipinski definition) is 0. The highest BCUT2D eigenvalue weighted by molar-refractivity contribution is 7.99. The lowest BCUT2D eigenvalue weighted by Gasteiger charge is -2.23. The van der Waals surface area contributed by atoms with E-state index in [1.807, 2.05) is 30.0 Å². The fraction of sp³-hybridized carbons (Fsp3) is 0.462. The van der Waals surface area contributed by atoms with Gasteiger partial charge >= 0.3 is 0 Å². The number of nitrogens with zero attached hydrogens (tertiary/aromatic N) is 2. The molecule has 0 spiro atoms. The summed E-state index contributed by atoms with van der Waals surface area (Å²) in [4.78, 5) is 2.32. The van der Waals surface area contributed by atoms with Crippen molar-refractivity contribution in [1.82, 2.24) is 0 Å². The lowest BCUT2D eigenvalue weighted by molar-refractivity contribution is 0.815. The van der Waals surface area contributed by atoms with Crippen LogP contribution in [0.25, 0.3) is 0 Å². The summed E-state index contributed by atoms with van der Waals surface area (Å²) in [5.41, 5.74) is 2.81. The van der Waals surface area contributed by atoms with Gasteiger partial charge in [-0.3, -0.25) is 0 Å². The number of nitriles is 1. The molecule has 17 heavy (non-hydrogen) atoms. The highest BCUT2D eigenvalue weighted by Crippen LogP contribution is 2.24. The molecule has 1 aromatic rings. The molecule has 0 unspecified atom stereocenters. The van der Waals surface area contributed by atoms with E-state index in [0.717, 1.165) is 35.7 Å². The predicted molar refractivity (Wildman–Crippen MR) is 74.9 cm³/mol. The van der Waals surface area contributed by atoms with Crippen molar-refractivity contribution >= 4 is 29.1 Å². The van der Waals surface area contributed by atoms with E-state index in [4.69, 9.17) is 11.6 Å². The van der Waals surface area contributed by atoms with E-state index in [2.05, 4.69) is 11.0 Å². The van der Waals surface area contributed by atoms with Gasteiger partial charge in [-0.2, -0.15) is 17.0 Å². The Hall–Kier alpha value is -0.850. The van der Waals surface area contributed by atoms with Crippen LogP contribution in [0, 0.1) is 11.3 Å². The monoisotopic (exact) mass is 266 g/mol. The Morgan fingerprint density at radius 3 is 3.00 bits per heavy atom. The molecule has 0 atom stereocenters. The van der Waals surface area contributed by atoms with Gasteiger partial charge in [-0.15, -0.1) is 11.6 Å². The van der Waals surface area contributed by atoms with Crippen LogP contribution in [0.3, 0.4) is 0 Å². The molecule has 1 heterocycles. The molecule has 1 aromatic carbocycles. The van der Waals surface area contributed by atoms with Crippen molar-refractivity contribution in [2.24, 2.45) is 0 Å². The van der Waals surface area contributed by atoms with Crippen LogP contribution >= 0.6 is 23.4 Å². The van der Waals surface area contributed by atoms with Crippen LogP contribution in [-0.2, 0) is 5.88 Å². The van der Waals surface area contributed by atoms with Gasteiger partial charge in [0.15, 0.2) is 0 Å². The molecule has 2 nitrogen and oxygen atoms in total. The van der Waals surface area contributed by atoms with Crippen LogP contribution in [0.1, 0.15) is 17.5 Å². The van der Waals surface area contributed by atoms with Crippen molar-refractivity contribution in [2.75, 3.05) is 29.5 Å². The molecule has 0 aliphatic carbocycles. The van der Waals surface area contributed by atoms with Gasteiger partial charge < -0.3 is 4.90 Å². The first-order chi connectivity index (χ1) is 8.35. The normalized spacial score (nSPS) is 16.4. The van der Waals surface area contributed by atoms with Crippen molar-refractivity contribution in [3.8, 4) is 6.07 Å². The largest absolute Gasteiger partial charge is 0.370 e. The Bertz CT molecular complexity index is 420. The molecular formula is C13H15ClN2S. The number of alkyl halides is 1. The zero-order valence-electron chi connectivity index (χ0n) is 9.66. The minimum Gasteiger partial charge on any atom is -0.370 e. The SMILES string of the molecule is N#Cc1cc(CCl)ccc1N1CCCSCC1. The molecule has 0 radical (unpaired) electrons. The average Bonchev–Trinajstić information content (AvgIpc) is 2.66. The standard InChI is InChI=1S/C13H15ClN2S/c14-9-11-2-3-13(12(8-11)10-15)16-4-1-6-17-7-5-16/h2-3,8H,1,4-7,9H2. The molecule has 1 saturated heterocycles. The summed E-state index contributed by atoms with van der Waals surface area (Å²) in [6.45, 7) is 2.07. The number of anilines is 1. The van der Waals surface area contributed by atoms with Crippen LogP contribution in [0.4, 0.5) is 5.69 Å². The van der Waals surface area contributed by atoms with Gasteiger partial charge in [-0.1, -0.05) is 6.07 Å². The molecule has 4 heteroatoms. The van der Waals surface area contributed by atoms with Crippen LogP contribution < -0.4 is 4.90 Å². The molecule has 0 saturated carbocycles. The Kier molecular flexibility index (Phi) is 4.58. The van der Waals surface area contributed by atoms with Crippen molar-refractivity contribution in [2.45, 2.75) is 12.3 Å². The molecule has 0 N–H and O–H groups in total. The minimum absolute atomic E-state index is 0.463. The second-order valence-corrected chi connectivity index (χ2v) is 5.54. The van der Waals surface area contributed by atoms with E-state index in [9.17, 15) is 5.26 Å². The van der Waals surface area contributed by atoms with Crippen molar-refractivity contribution in [3.05, 3.63) is 29.3 Å². The summed E-state index contributed by atoms with van der Waals surface area (Å²) in [5.74, 6) is 2.82. The maximum atomic E-state index is 9.21. The fourth-order valence-electron chi connectivity index (χ4n) is 2.02. The van der Waals surface area contributed by atoms with Crippen LogP contribution in [0.2, 0.25) is 0 Å². The Labute approximate surface area is 112 Å². The predicted octanol–water partition coefficient (Wildman–Crippen LogP) is 3.24. The van der Waals surface area contributed by atoms with Gasteiger partial charge in [0, 0.05) is 24.7 Å². The molecule has 0 aromatic heterocycles. The molecule has 2 rings (SSSR count). The number of halogens is 1. The maximum absolute atomic E-state index is 9.21. The van der Waals surface area contributed by atoms with Gasteiger partial charge in [0.05, 0.1) is 11.3 Å². The number of rotatable bonds is 2. The first-order valence-corrected chi connectivity index (χ1v) is 7.46. The van der Waals surface area contributed by atoms with E-state index < -0.39 is 0 Å². The molecule has 0 amide bonds. The zero-order chi connectivity index (χ0) is 12.1. The quantitative estimate of drug-likeness (QED) is 0.769. The third kappa shape index (κ3) is 3.08. The summed E-state index contributed by atoms with van der Waals surface area (Å²) in [5, 5.41) is 9.21. The molecule has 1 aliphatic rings. The van der Waals surface area contributed by atoms with Crippen LogP contribution in [0.15, 0.2) is 18.2 Å². The van der Waals surface area contributed by atoms with E-state index in [0.29, 0.717) is 5.88 Å². The van der Waals surface area contributed by atoms with Crippen LogP contribution in [-0.4, -0.2) is 24.6 Å². The van der Waals surface area contributed by atoms with Gasteiger partial charge in [-0.05, 0) is 29.9 Å². The summed E-state index contributed by atoms with van der Waals surface area (Å²) >= 11 is 7.78. The maximum Gasteiger partial charge on any atom is 0.101 e. The second-order valence-electron chi connectivity index (χ2n) is 4.05. The number of thioether (sulfide) groups is 1. The van der Waals surface area contributed by atoms with Crippen LogP contribution in [0.5, 0.6) is 0 Å². The molecular weight excluding hydrogens is 252 g/mol. The minimum atomic E-state index is 0.463. The lowest BCUT2D eigenvalue weighted by Crippen LogP contribution is -2.26. The summed E-state index contributed by atoms with van der Waals surface area (Å²) < 4.78 is 0.